The Kier molecular flexibility index (Phi) is 3.28. The number of nitrogen functional groups attached to an aromatic ring is 1. The smallest absolute Gasteiger partial charge is 0.267 e. The molecule has 1 aromatic heterocycles. The van der Waals surface area contributed by atoms with Crippen LogP contribution in [0.1, 0.15) is 10.5 Å². The Bertz CT molecular complexity index is 647. The van der Waals surface area contributed by atoms with E-state index in [1.54, 1.807) is 0 Å². The molecule has 0 aliphatic heterocycles. The van der Waals surface area contributed by atoms with E-state index in [0.717, 1.165) is 12.1 Å². The first-order valence-corrected chi connectivity index (χ1v) is 5.16. The minimum atomic E-state index is -1.07. The number of rotatable bonds is 3. The molecule has 1 heterocycles. The van der Waals surface area contributed by atoms with Crippen molar-refractivity contribution in [2.45, 2.75) is 0 Å². The number of pyridine rings is 1. The van der Waals surface area contributed by atoms with Crippen molar-refractivity contribution in [3.63, 3.8) is 0 Å². The number of hydrogen-bond donors (Lipinski definition) is 2. The minimum absolute atomic E-state index is 0.000259. The molecule has 0 radical (unpaired) electrons. The number of carbonyl (C=O) groups is 1. The fourth-order valence-electron chi connectivity index (χ4n) is 1.32. The van der Waals surface area contributed by atoms with Crippen LogP contribution in [0.25, 0.3) is 0 Å². The summed E-state index contributed by atoms with van der Waals surface area (Å²) in [6.07, 6.45) is 0. The Labute approximate surface area is 106 Å². The second-order valence-electron chi connectivity index (χ2n) is 3.63. The van der Waals surface area contributed by atoms with Crippen LogP contribution in [0.5, 0.6) is 11.6 Å². The quantitative estimate of drug-likeness (QED) is 0.885. The third-order valence-corrected chi connectivity index (χ3v) is 2.25. The van der Waals surface area contributed by atoms with Gasteiger partial charge in [0.25, 0.3) is 5.91 Å². The topological polar surface area (TPSA) is 91.2 Å². The van der Waals surface area contributed by atoms with Crippen LogP contribution in [-0.2, 0) is 0 Å². The van der Waals surface area contributed by atoms with Gasteiger partial charge in [-0.15, -0.1) is 0 Å². The Morgan fingerprint density at radius 1 is 1.16 bits per heavy atom. The molecule has 0 bridgehead atoms. The monoisotopic (exact) mass is 265 g/mol. The molecule has 4 N–H and O–H groups in total. The van der Waals surface area contributed by atoms with E-state index in [9.17, 15) is 13.6 Å². The van der Waals surface area contributed by atoms with Gasteiger partial charge in [-0.05, 0) is 24.3 Å². The molecule has 0 aliphatic rings. The van der Waals surface area contributed by atoms with E-state index in [1.165, 1.54) is 18.2 Å². The van der Waals surface area contributed by atoms with Crippen molar-refractivity contribution in [3.05, 3.63) is 47.7 Å². The van der Waals surface area contributed by atoms with E-state index in [0.29, 0.717) is 0 Å². The lowest BCUT2D eigenvalue weighted by Gasteiger charge is -2.08. The van der Waals surface area contributed by atoms with Crippen LogP contribution >= 0.6 is 0 Å². The molecular weight excluding hydrogens is 256 g/mol. The van der Waals surface area contributed by atoms with Crippen molar-refractivity contribution in [2.75, 3.05) is 5.73 Å². The highest BCUT2D eigenvalue weighted by molar-refractivity contribution is 5.91. The molecule has 0 aliphatic carbocycles. The maximum atomic E-state index is 13.0. The van der Waals surface area contributed by atoms with E-state index in [-0.39, 0.29) is 23.0 Å². The van der Waals surface area contributed by atoms with Crippen LogP contribution in [0.3, 0.4) is 0 Å². The van der Waals surface area contributed by atoms with Gasteiger partial charge in [0.15, 0.2) is 11.6 Å². The molecule has 0 saturated heterocycles. The summed E-state index contributed by atoms with van der Waals surface area (Å²) in [4.78, 5) is 14.8. The second-order valence-corrected chi connectivity index (χ2v) is 3.63. The van der Waals surface area contributed by atoms with Gasteiger partial charge in [-0.3, -0.25) is 4.79 Å². The first-order chi connectivity index (χ1) is 8.97. The number of nitrogens with zero attached hydrogens (tertiary/aromatic N) is 1. The summed E-state index contributed by atoms with van der Waals surface area (Å²) in [5.41, 5.74) is 10.7. The van der Waals surface area contributed by atoms with Crippen molar-refractivity contribution < 1.29 is 18.3 Å². The molecule has 0 spiro atoms. The number of hydrogen-bond acceptors (Lipinski definition) is 4. The highest BCUT2D eigenvalue weighted by atomic mass is 19.2. The minimum Gasteiger partial charge on any atom is -0.437 e. The predicted molar refractivity (Wildman–Crippen MR) is 63.6 cm³/mol. The van der Waals surface area contributed by atoms with E-state index < -0.39 is 17.5 Å². The van der Waals surface area contributed by atoms with Crippen molar-refractivity contribution in [1.29, 1.82) is 0 Å². The number of aromatic nitrogens is 1. The first kappa shape index (κ1) is 12.7. The molecule has 1 amide bonds. The van der Waals surface area contributed by atoms with Gasteiger partial charge in [-0.1, -0.05) is 0 Å². The Balaban J connectivity index is 2.34. The highest BCUT2D eigenvalue weighted by Gasteiger charge is 2.10. The van der Waals surface area contributed by atoms with E-state index in [4.69, 9.17) is 16.2 Å². The number of primary amides is 1. The van der Waals surface area contributed by atoms with E-state index in [1.807, 2.05) is 0 Å². The fourth-order valence-corrected chi connectivity index (χ4v) is 1.32. The van der Waals surface area contributed by atoms with Crippen LogP contribution in [0, 0.1) is 11.6 Å². The molecule has 0 atom stereocenters. The van der Waals surface area contributed by atoms with Gasteiger partial charge < -0.3 is 16.2 Å². The van der Waals surface area contributed by atoms with E-state index >= 15 is 0 Å². The van der Waals surface area contributed by atoms with Crippen LogP contribution in [0.15, 0.2) is 30.3 Å². The molecule has 0 fully saturated rings. The molecule has 0 saturated carbocycles. The lowest BCUT2D eigenvalue weighted by atomic mass is 10.3. The van der Waals surface area contributed by atoms with Crippen molar-refractivity contribution in [1.82, 2.24) is 4.98 Å². The maximum Gasteiger partial charge on any atom is 0.267 e. The number of nitrogens with two attached hydrogens (primary N) is 2. The number of ether oxygens (including phenoxy) is 1. The van der Waals surface area contributed by atoms with Gasteiger partial charge in [0.1, 0.15) is 11.4 Å². The molecule has 2 rings (SSSR count). The van der Waals surface area contributed by atoms with Crippen LogP contribution < -0.4 is 16.2 Å². The number of carbonyl (C=O) groups excluding carboxylic acids is 1. The van der Waals surface area contributed by atoms with Gasteiger partial charge >= 0.3 is 0 Å². The summed E-state index contributed by atoms with van der Waals surface area (Å²) in [5, 5.41) is 0. The molecule has 2 aromatic rings. The molecule has 19 heavy (non-hydrogen) atoms. The lowest BCUT2D eigenvalue weighted by molar-refractivity contribution is 0.0995. The number of benzene rings is 1. The predicted octanol–water partition coefficient (Wildman–Crippen LogP) is 1.83. The molecule has 98 valence electrons. The lowest BCUT2D eigenvalue weighted by Crippen LogP contribution is -2.13. The van der Waals surface area contributed by atoms with Crippen LogP contribution in [-0.4, -0.2) is 10.9 Å². The average Bonchev–Trinajstić information content (AvgIpc) is 2.36. The van der Waals surface area contributed by atoms with Crippen molar-refractivity contribution >= 4 is 11.6 Å². The number of halogens is 2. The highest BCUT2D eigenvalue weighted by Crippen LogP contribution is 2.26. The van der Waals surface area contributed by atoms with Gasteiger partial charge in [-0.25, -0.2) is 13.8 Å². The van der Waals surface area contributed by atoms with Gasteiger partial charge in [-0.2, -0.15) is 0 Å². The molecular formula is C12H9F2N3O2. The van der Waals surface area contributed by atoms with Crippen LogP contribution in [0.2, 0.25) is 0 Å². The summed E-state index contributed by atoms with van der Waals surface area (Å²) >= 11 is 0. The molecule has 1 aromatic carbocycles. The molecule has 7 heteroatoms. The zero-order valence-electron chi connectivity index (χ0n) is 9.56. The van der Waals surface area contributed by atoms with E-state index in [2.05, 4.69) is 4.98 Å². The average molecular weight is 265 g/mol. The standard InChI is InChI=1S/C12H9F2N3O2/c13-7-2-1-6(5-8(7)14)19-12-9(15)3-4-10(17-12)11(16)18/h1-5H,15H2,(H2,16,18). The van der Waals surface area contributed by atoms with Gasteiger partial charge in [0.05, 0.1) is 5.69 Å². The molecule has 5 nitrogen and oxygen atoms in total. The van der Waals surface area contributed by atoms with Crippen molar-refractivity contribution in [3.8, 4) is 11.6 Å². The normalized spacial score (nSPS) is 10.2. The van der Waals surface area contributed by atoms with Crippen molar-refractivity contribution in [2.24, 2.45) is 5.73 Å². The summed E-state index contributed by atoms with van der Waals surface area (Å²) in [6.45, 7) is 0. The summed E-state index contributed by atoms with van der Waals surface area (Å²) in [7, 11) is 0. The third-order valence-electron chi connectivity index (χ3n) is 2.25. The zero-order valence-corrected chi connectivity index (χ0v) is 9.56. The Morgan fingerprint density at radius 2 is 1.89 bits per heavy atom. The summed E-state index contributed by atoms with van der Waals surface area (Å²) in [5.74, 6) is -2.93. The van der Waals surface area contributed by atoms with Crippen LogP contribution in [0.4, 0.5) is 14.5 Å². The summed E-state index contributed by atoms with van der Waals surface area (Å²) < 4.78 is 30.9. The molecule has 0 unspecified atom stereocenters. The maximum absolute atomic E-state index is 13.0. The summed E-state index contributed by atoms with van der Waals surface area (Å²) in [6, 6.07) is 5.65. The number of amides is 1. The third kappa shape index (κ3) is 2.76. The zero-order chi connectivity index (χ0) is 14.0. The Morgan fingerprint density at radius 3 is 2.53 bits per heavy atom. The largest absolute Gasteiger partial charge is 0.437 e. The van der Waals surface area contributed by atoms with Gasteiger partial charge in [0.2, 0.25) is 5.88 Å². The SMILES string of the molecule is NC(=O)c1ccc(N)c(Oc2ccc(F)c(F)c2)n1. The second kappa shape index (κ2) is 4.89. The Hall–Kier alpha value is -2.70. The first-order valence-electron chi connectivity index (χ1n) is 5.16. The van der Waals surface area contributed by atoms with Gasteiger partial charge in [0, 0.05) is 6.07 Å². The fraction of sp³-hybridized carbons (Fsp3) is 0. The number of anilines is 1.